The summed E-state index contributed by atoms with van der Waals surface area (Å²) in [4.78, 5) is 11.7. The average Bonchev–Trinajstić information content (AvgIpc) is 2.81. The lowest BCUT2D eigenvalue weighted by atomic mass is 9.93. The van der Waals surface area contributed by atoms with Gasteiger partial charge in [0, 0.05) is 0 Å². The van der Waals surface area contributed by atoms with E-state index in [1.54, 1.807) is 13.2 Å². The number of aliphatic carboxylic acids is 1. The maximum atomic E-state index is 11.7. The third-order valence-corrected chi connectivity index (χ3v) is 5.60. The number of benzene rings is 3. The highest BCUT2D eigenvalue weighted by molar-refractivity contribution is 5.70. The summed E-state index contributed by atoms with van der Waals surface area (Å²) >= 11 is 0. The molecule has 0 aliphatic heterocycles. The number of nitrogens with zero attached hydrogens (tertiary/aromatic N) is 1. The van der Waals surface area contributed by atoms with E-state index in [4.69, 9.17) is 4.74 Å². The molecule has 3 aromatic rings. The van der Waals surface area contributed by atoms with Crippen LogP contribution in [0.3, 0.4) is 0 Å². The molecule has 0 aromatic heterocycles. The zero-order valence-electron chi connectivity index (χ0n) is 17.8. The number of carboxylic acid groups (broad SMARTS) is 1. The Morgan fingerprint density at radius 3 is 2.26 bits per heavy atom. The minimum Gasteiger partial charge on any atom is -0.495 e. The predicted octanol–water partition coefficient (Wildman–Crippen LogP) is 5.89. The Morgan fingerprint density at radius 1 is 0.935 bits per heavy atom. The van der Waals surface area contributed by atoms with Gasteiger partial charge in [-0.2, -0.15) is 5.26 Å². The summed E-state index contributed by atoms with van der Waals surface area (Å²) in [5.41, 5.74) is 4.84. The number of hydrogen-bond acceptors (Lipinski definition) is 3. The van der Waals surface area contributed by atoms with Gasteiger partial charge in [0.15, 0.2) is 0 Å². The summed E-state index contributed by atoms with van der Waals surface area (Å²) in [7, 11) is 1.55. The third kappa shape index (κ3) is 6.20. The lowest BCUT2D eigenvalue weighted by molar-refractivity contribution is -0.142. The molecule has 1 atom stereocenters. The Bertz CT molecular complexity index is 1040. The predicted molar refractivity (Wildman–Crippen MR) is 122 cm³/mol. The van der Waals surface area contributed by atoms with E-state index in [9.17, 15) is 15.2 Å². The first kappa shape index (κ1) is 22.1. The molecule has 0 fully saturated rings. The summed E-state index contributed by atoms with van der Waals surface area (Å²) < 4.78 is 5.20. The largest absolute Gasteiger partial charge is 0.495 e. The SMILES string of the molecule is COc1ccc(-c2ccc(CCC(CCCc3ccccc3)C(=O)O)cc2)cc1C#N. The Kier molecular flexibility index (Phi) is 7.84. The second-order valence-electron chi connectivity index (χ2n) is 7.68. The molecule has 0 heterocycles. The van der Waals surface area contributed by atoms with E-state index in [1.807, 2.05) is 54.6 Å². The average molecular weight is 414 g/mol. The Hall–Kier alpha value is -3.58. The van der Waals surface area contributed by atoms with Crippen molar-refractivity contribution < 1.29 is 14.6 Å². The minimum absolute atomic E-state index is 0.330. The van der Waals surface area contributed by atoms with Crippen LogP contribution in [0.4, 0.5) is 0 Å². The quantitative estimate of drug-likeness (QED) is 0.450. The number of rotatable bonds is 10. The van der Waals surface area contributed by atoms with Gasteiger partial charge in [0.25, 0.3) is 0 Å². The molecule has 0 aliphatic carbocycles. The highest BCUT2D eigenvalue weighted by Crippen LogP contribution is 2.27. The number of aryl methyl sites for hydroxylation is 2. The van der Waals surface area contributed by atoms with E-state index in [0.29, 0.717) is 24.2 Å². The van der Waals surface area contributed by atoms with Crippen molar-refractivity contribution in [2.24, 2.45) is 5.92 Å². The fourth-order valence-electron chi connectivity index (χ4n) is 3.77. The summed E-state index contributed by atoms with van der Waals surface area (Å²) in [6, 6.07) is 26.0. The molecular weight excluding hydrogens is 386 g/mol. The maximum absolute atomic E-state index is 11.7. The molecule has 4 heteroatoms. The zero-order valence-corrected chi connectivity index (χ0v) is 17.8. The Balaban J connectivity index is 1.57. The highest BCUT2D eigenvalue weighted by Gasteiger charge is 2.17. The van der Waals surface area contributed by atoms with Gasteiger partial charge in [-0.15, -0.1) is 0 Å². The van der Waals surface area contributed by atoms with Crippen LogP contribution in [-0.2, 0) is 17.6 Å². The molecular formula is C27H27NO3. The Labute approximate surface area is 183 Å². The van der Waals surface area contributed by atoms with Crippen LogP contribution < -0.4 is 4.74 Å². The van der Waals surface area contributed by atoms with E-state index in [2.05, 4.69) is 18.2 Å². The number of hydrogen-bond donors (Lipinski definition) is 1. The van der Waals surface area contributed by atoms with Gasteiger partial charge in [-0.1, -0.05) is 60.7 Å². The smallest absolute Gasteiger partial charge is 0.306 e. The van der Waals surface area contributed by atoms with Gasteiger partial charge in [-0.3, -0.25) is 4.79 Å². The van der Waals surface area contributed by atoms with Crippen molar-refractivity contribution in [1.82, 2.24) is 0 Å². The van der Waals surface area contributed by atoms with E-state index in [1.165, 1.54) is 5.56 Å². The van der Waals surface area contributed by atoms with Crippen molar-refractivity contribution in [3.63, 3.8) is 0 Å². The standard InChI is InChI=1S/C27H27NO3/c1-31-26-17-16-24(18-25(26)19-28)22-13-10-21(11-14-22)12-15-23(27(29)30)9-5-8-20-6-3-2-4-7-20/h2-4,6-7,10-11,13-14,16-18,23H,5,8-9,12,15H2,1H3,(H,29,30). The molecule has 0 spiro atoms. The second-order valence-corrected chi connectivity index (χ2v) is 7.68. The van der Waals surface area contributed by atoms with Crippen molar-refractivity contribution in [2.45, 2.75) is 32.1 Å². The first-order valence-corrected chi connectivity index (χ1v) is 10.5. The van der Waals surface area contributed by atoms with E-state index in [0.717, 1.165) is 36.0 Å². The zero-order chi connectivity index (χ0) is 22.1. The van der Waals surface area contributed by atoms with E-state index in [-0.39, 0.29) is 5.92 Å². The van der Waals surface area contributed by atoms with Crippen molar-refractivity contribution in [3.05, 3.63) is 89.5 Å². The molecule has 1 unspecified atom stereocenters. The lowest BCUT2D eigenvalue weighted by Crippen LogP contribution is -2.15. The van der Waals surface area contributed by atoms with Crippen LogP contribution in [0.25, 0.3) is 11.1 Å². The molecule has 1 N–H and O–H groups in total. The summed E-state index contributed by atoms with van der Waals surface area (Å²) in [6.45, 7) is 0. The first-order valence-electron chi connectivity index (χ1n) is 10.5. The van der Waals surface area contributed by atoms with Crippen LogP contribution in [-0.4, -0.2) is 18.2 Å². The topological polar surface area (TPSA) is 70.3 Å². The third-order valence-electron chi connectivity index (χ3n) is 5.60. The van der Waals surface area contributed by atoms with Gasteiger partial charge in [-0.05, 0) is 66.5 Å². The van der Waals surface area contributed by atoms with Crippen LogP contribution in [0.15, 0.2) is 72.8 Å². The fourth-order valence-corrected chi connectivity index (χ4v) is 3.77. The van der Waals surface area contributed by atoms with Crippen LogP contribution in [0.5, 0.6) is 5.75 Å². The molecule has 0 radical (unpaired) electrons. The second kappa shape index (κ2) is 11.0. The van der Waals surface area contributed by atoms with Crippen molar-refractivity contribution in [3.8, 4) is 22.9 Å². The minimum atomic E-state index is -0.716. The maximum Gasteiger partial charge on any atom is 0.306 e. The number of ether oxygens (including phenoxy) is 1. The summed E-state index contributed by atoms with van der Waals surface area (Å²) in [6.07, 6.45) is 3.83. The molecule has 0 aliphatic rings. The van der Waals surface area contributed by atoms with Crippen molar-refractivity contribution >= 4 is 5.97 Å². The summed E-state index contributed by atoms with van der Waals surface area (Å²) in [5, 5.41) is 18.9. The molecule has 0 amide bonds. The molecule has 0 bridgehead atoms. The number of nitriles is 1. The summed E-state index contributed by atoms with van der Waals surface area (Å²) in [5.74, 6) is -0.482. The lowest BCUT2D eigenvalue weighted by Gasteiger charge is -2.13. The Morgan fingerprint density at radius 2 is 1.61 bits per heavy atom. The van der Waals surface area contributed by atoms with Crippen LogP contribution in [0.1, 0.15) is 36.0 Å². The molecule has 4 nitrogen and oxygen atoms in total. The van der Waals surface area contributed by atoms with Gasteiger partial charge < -0.3 is 9.84 Å². The van der Waals surface area contributed by atoms with Crippen LogP contribution in [0.2, 0.25) is 0 Å². The monoisotopic (exact) mass is 413 g/mol. The van der Waals surface area contributed by atoms with Gasteiger partial charge in [0.1, 0.15) is 11.8 Å². The fraction of sp³-hybridized carbons (Fsp3) is 0.259. The van der Waals surface area contributed by atoms with Gasteiger partial charge in [0.2, 0.25) is 0 Å². The molecule has 0 saturated carbocycles. The van der Waals surface area contributed by atoms with Crippen LogP contribution in [0, 0.1) is 17.2 Å². The van der Waals surface area contributed by atoms with Gasteiger partial charge >= 0.3 is 5.97 Å². The van der Waals surface area contributed by atoms with Crippen molar-refractivity contribution in [2.75, 3.05) is 7.11 Å². The van der Waals surface area contributed by atoms with Crippen molar-refractivity contribution in [1.29, 1.82) is 5.26 Å². The molecule has 0 saturated heterocycles. The molecule has 31 heavy (non-hydrogen) atoms. The highest BCUT2D eigenvalue weighted by atomic mass is 16.5. The first-order chi connectivity index (χ1) is 15.1. The molecule has 3 aromatic carbocycles. The van der Waals surface area contributed by atoms with Gasteiger partial charge in [0.05, 0.1) is 18.6 Å². The van der Waals surface area contributed by atoms with E-state index >= 15 is 0 Å². The molecule has 3 rings (SSSR count). The normalized spacial score (nSPS) is 11.5. The number of carbonyl (C=O) groups is 1. The van der Waals surface area contributed by atoms with E-state index < -0.39 is 5.97 Å². The number of methoxy groups -OCH3 is 1. The van der Waals surface area contributed by atoms with Crippen LogP contribution >= 0.6 is 0 Å². The number of carboxylic acids is 1. The van der Waals surface area contributed by atoms with Gasteiger partial charge in [-0.25, -0.2) is 0 Å². The molecule has 158 valence electrons.